The maximum Gasteiger partial charge on any atom is 0.0998 e. The second-order valence-electron chi connectivity index (χ2n) is 13.8. The number of aromatic nitrogens is 3. The molecule has 0 fully saturated rings. The van der Waals surface area contributed by atoms with Crippen LogP contribution in [0.25, 0.3) is 88.4 Å². The van der Waals surface area contributed by atoms with Gasteiger partial charge in [0.2, 0.25) is 0 Å². The van der Waals surface area contributed by atoms with Crippen LogP contribution in [0.1, 0.15) is 16.7 Å². The number of nitrogens with zero attached hydrogens (tertiary/aromatic N) is 6. The van der Waals surface area contributed by atoms with E-state index in [2.05, 4.69) is 117 Å². The highest BCUT2D eigenvalue weighted by atomic mass is 15.1. The molecule has 0 saturated carbocycles. The highest BCUT2D eigenvalue weighted by Gasteiger charge is 2.23. The first-order valence-electron chi connectivity index (χ1n) is 18.2. The lowest BCUT2D eigenvalue weighted by Crippen LogP contribution is -2.05. The minimum Gasteiger partial charge on any atom is -0.307 e. The number of fused-ring (bicyclic) bond motifs is 6. The van der Waals surface area contributed by atoms with E-state index < -0.39 is 0 Å². The number of hydrogen-bond acceptors (Lipinski definition) is 4. The van der Waals surface area contributed by atoms with Crippen LogP contribution in [0, 0.1) is 34.0 Å². The van der Waals surface area contributed by atoms with Crippen molar-refractivity contribution in [1.29, 1.82) is 15.8 Å². The molecule has 0 amide bonds. The van der Waals surface area contributed by atoms with E-state index in [1.807, 2.05) is 72.8 Å². The van der Waals surface area contributed by atoms with Crippen LogP contribution in [0.4, 0.5) is 0 Å². The Balaban J connectivity index is 1.35. The van der Waals surface area contributed by atoms with E-state index >= 15 is 0 Å². The van der Waals surface area contributed by atoms with Crippen LogP contribution in [-0.4, -0.2) is 14.1 Å². The SMILES string of the molecule is N#Cc1cccc(-c2ccc3c4ccccc4n(-c4cc(C#N)c(-c5ccncc5)cc4-n4c5ccccc5c5ccc(-c6cccc(C#N)c6)cc54)c3c2)c1. The zero-order valence-corrected chi connectivity index (χ0v) is 29.8. The molecule has 0 aliphatic heterocycles. The summed E-state index contributed by atoms with van der Waals surface area (Å²) in [7, 11) is 0. The van der Waals surface area contributed by atoms with Crippen LogP contribution >= 0.6 is 0 Å². The van der Waals surface area contributed by atoms with Gasteiger partial charge in [-0.25, -0.2) is 0 Å². The smallest absolute Gasteiger partial charge is 0.0998 e. The zero-order chi connectivity index (χ0) is 37.8. The minimum absolute atomic E-state index is 0.536. The summed E-state index contributed by atoms with van der Waals surface area (Å²) in [5.41, 5.74) is 13.0. The molecule has 0 aliphatic rings. The van der Waals surface area contributed by atoms with Crippen molar-refractivity contribution in [2.75, 3.05) is 0 Å². The Labute approximate surface area is 322 Å². The van der Waals surface area contributed by atoms with Crippen LogP contribution in [0.5, 0.6) is 0 Å². The normalized spacial score (nSPS) is 11.2. The van der Waals surface area contributed by atoms with Crippen molar-refractivity contribution in [3.8, 4) is 63.0 Å². The van der Waals surface area contributed by atoms with E-state index in [1.165, 1.54) is 0 Å². The average molecular weight is 713 g/mol. The van der Waals surface area contributed by atoms with Crippen LogP contribution in [0.2, 0.25) is 0 Å². The van der Waals surface area contributed by atoms with Crippen LogP contribution < -0.4 is 0 Å². The fourth-order valence-corrected chi connectivity index (χ4v) is 8.15. The van der Waals surface area contributed by atoms with Gasteiger partial charge in [-0.1, -0.05) is 84.9 Å². The highest BCUT2D eigenvalue weighted by Crippen LogP contribution is 2.42. The molecule has 0 unspecified atom stereocenters. The molecule has 3 aromatic heterocycles. The lowest BCUT2D eigenvalue weighted by Gasteiger charge is -2.20. The molecule has 10 rings (SSSR count). The first kappa shape index (κ1) is 32.4. The van der Waals surface area contributed by atoms with Gasteiger partial charge in [0, 0.05) is 39.5 Å². The van der Waals surface area contributed by atoms with Gasteiger partial charge >= 0.3 is 0 Å². The maximum atomic E-state index is 10.8. The lowest BCUT2D eigenvalue weighted by molar-refractivity contribution is 1.09. The van der Waals surface area contributed by atoms with Crippen molar-refractivity contribution in [3.63, 3.8) is 0 Å². The monoisotopic (exact) mass is 712 g/mol. The van der Waals surface area contributed by atoms with E-state index in [9.17, 15) is 15.8 Å². The quantitative estimate of drug-likeness (QED) is 0.177. The van der Waals surface area contributed by atoms with Crippen LogP contribution in [0.15, 0.2) is 170 Å². The Morgan fingerprint density at radius 2 is 0.857 bits per heavy atom. The van der Waals surface area contributed by atoms with E-state index in [1.54, 1.807) is 12.4 Å². The fourth-order valence-electron chi connectivity index (χ4n) is 8.15. The minimum atomic E-state index is 0.536. The molecule has 0 atom stereocenters. The topological polar surface area (TPSA) is 94.1 Å². The Kier molecular flexibility index (Phi) is 7.53. The van der Waals surface area contributed by atoms with Crippen LogP contribution in [0.3, 0.4) is 0 Å². The van der Waals surface area contributed by atoms with Gasteiger partial charge < -0.3 is 9.13 Å². The van der Waals surface area contributed by atoms with Crippen molar-refractivity contribution in [3.05, 3.63) is 187 Å². The van der Waals surface area contributed by atoms with Gasteiger partial charge in [-0.15, -0.1) is 0 Å². The molecule has 6 nitrogen and oxygen atoms in total. The van der Waals surface area contributed by atoms with Crippen molar-refractivity contribution in [2.24, 2.45) is 0 Å². The predicted octanol–water partition coefficient (Wildman–Crippen LogP) is 11.9. The van der Waals surface area contributed by atoms with Gasteiger partial charge in [0.25, 0.3) is 0 Å². The van der Waals surface area contributed by atoms with Gasteiger partial charge in [0.1, 0.15) is 0 Å². The third kappa shape index (κ3) is 5.12. The Bertz CT molecular complexity index is 3350. The summed E-state index contributed by atoms with van der Waals surface area (Å²) in [6.07, 6.45) is 3.50. The third-order valence-electron chi connectivity index (χ3n) is 10.7. The van der Waals surface area contributed by atoms with E-state index in [4.69, 9.17) is 0 Å². The van der Waals surface area contributed by atoms with Crippen LogP contribution in [-0.2, 0) is 0 Å². The standard InChI is InChI=1S/C50H28N6/c51-29-32-7-5-9-35(23-32)37-15-17-42-40-11-1-3-13-45(40)55(47(42)25-37)49-27-39(31-53)44(34-19-21-54-22-20-34)28-50(49)56-46-14-4-2-12-41(46)43-18-16-38(26-48(43)56)36-10-6-8-33(24-36)30-52/h1-28H. The number of nitriles is 3. The summed E-state index contributed by atoms with van der Waals surface area (Å²) in [5, 5.41) is 34.6. The average Bonchev–Trinajstić information content (AvgIpc) is 3.78. The molecule has 0 bridgehead atoms. The van der Waals surface area contributed by atoms with Crippen molar-refractivity contribution in [2.45, 2.75) is 0 Å². The number of pyridine rings is 1. The van der Waals surface area contributed by atoms with Gasteiger partial charge in [0.15, 0.2) is 0 Å². The summed E-state index contributed by atoms with van der Waals surface area (Å²) in [6, 6.07) is 60.2. The first-order valence-corrected chi connectivity index (χ1v) is 18.2. The molecule has 6 heteroatoms. The van der Waals surface area contributed by atoms with Gasteiger partial charge in [-0.3, -0.25) is 4.98 Å². The molecule has 0 N–H and O–H groups in total. The Hall–Kier alpha value is -8.24. The van der Waals surface area contributed by atoms with E-state index in [0.29, 0.717) is 16.7 Å². The number of para-hydroxylation sites is 2. The van der Waals surface area contributed by atoms with Crippen molar-refractivity contribution >= 4 is 43.6 Å². The summed E-state index contributed by atoms with van der Waals surface area (Å²) in [5.74, 6) is 0. The molecule has 7 aromatic carbocycles. The summed E-state index contributed by atoms with van der Waals surface area (Å²) in [4.78, 5) is 4.27. The Morgan fingerprint density at radius 3 is 1.38 bits per heavy atom. The molecule has 0 radical (unpaired) electrons. The molecule has 258 valence electrons. The molecular weight excluding hydrogens is 685 g/mol. The predicted molar refractivity (Wildman–Crippen MR) is 223 cm³/mol. The summed E-state index contributed by atoms with van der Waals surface area (Å²) in [6.45, 7) is 0. The fraction of sp³-hybridized carbons (Fsp3) is 0. The first-order chi connectivity index (χ1) is 27.6. The molecule has 56 heavy (non-hydrogen) atoms. The maximum absolute atomic E-state index is 10.8. The number of rotatable bonds is 5. The second kappa shape index (κ2) is 13.0. The third-order valence-corrected chi connectivity index (χ3v) is 10.7. The summed E-state index contributed by atoms with van der Waals surface area (Å²) < 4.78 is 4.58. The van der Waals surface area contributed by atoms with E-state index in [0.717, 1.165) is 88.4 Å². The molecular formula is C50H28N6. The van der Waals surface area contributed by atoms with Gasteiger partial charge in [-0.05, 0) is 101 Å². The molecule has 10 aromatic rings. The Morgan fingerprint density at radius 1 is 0.375 bits per heavy atom. The molecule has 0 aliphatic carbocycles. The lowest BCUT2D eigenvalue weighted by atomic mass is 9.98. The zero-order valence-electron chi connectivity index (χ0n) is 29.8. The molecule has 3 heterocycles. The molecule has 0 spiro atoms. The van der Waals surface area contributed by atoms with E-state index in [-0.39, 0.29) is 0 Å². The highest BCUT2D eigenvalue weighted by molar-refractivity contribution is 6.13. The van der Waals surface area contributed by atoms with Crippen molar-refractivity contribution < 1.29 is 0 Å². The van der Waals surface area contributed by atoms with Gasteiger partial charge in [0.05, 0.1) is 68.3 Å². The largest absolute Gasteiger partial charge is 0.307 e. The second-order valence-corrected chi connectivity index (χ2v) is 13.8. The number of hydrogen-bond donors (Lipinski definition) is 0. The van der Waals surface area contributed by atoms with Gasteiger partial charge in [-0.2, -0.15) is 15.8 Å². The number of benzene rings is 7. The van der Waals surface area contributed by atoms with Crippen molar-refractivity contribution in [1.82, 2.24) is 14.1 Å². The molecule has 0 saturated heterocycles. The summed E-state index contributed by atoms with van der Waals surface area (Å²) >= 11 is 0.